The quantitative estimate of drug-likeness (QED) is 0.843. The second-order valence-corrected chi connectivity index (χ2v) is 5.72. The highest BCUT2D eigenvalue weighted by Crippen LogP contribution is 2.38. The lowest BCUT2D eigenvalue weighted by Gasteiger charge is -2.38. The van der Waals surface area contributed by atoms with E-state index < -0.39 is 6.09 Å². The van der Waals surface area contributed by atoms with Gasteiger partial charge < -0.3 is 10.1 Å². The van der Waals surface area contributed by atoms with Crippen LogP contribution in [0.15, 0.2) is 18.2 Å². The van der Waals surface area contributed by atoms with Gasteiger partial charge in [0.05, 0.1) is 6.04 Å². The van der Waals surface area contributed by atoms with Gasteiger partial charge in [-0.25, -0.2) is 4.79 Å². The van der Waals surface area contributed by atoms with Crippen molar-refractivity contribution in [1.29, 1.82) is 0 Å². The number of amides is 1. The molecular weight excluding hydrogens is 296 g/mol. The topological polar surface area (TPSA) is 38.3 Å². The number of hydrogen-bond donors (Lipinski definition) is 1. The molecule has 1 aliphatic rings. The maximum Gasteiger partial charge on any atom is 0.407 e. The number of rotatable bonds is 1. The maximum absolute atomic E-state index is 11.3. The SMILES string of the molecule is CC1(C)COC(=O)N[C@@H]1c1cc(Cl)cc(Cl)c1.Cl. The van der Waals surface area contributed by atoms with Gasteiger partial charge in [-0.2, -0.15) is 0 Å². The number of cyclic esters (lactones) is 1. The molecule has 1 amide bonds. The molecule has 1 aromatic rings. The monoisotopic (exact) mass is 309 g/mol. The Morgan fingerprint density at radius 3 is 2.39 bits per heavy atom. The first-order chi connectivity index (χ1) is 7.88. The highest BCUT2D eigenvalue weighted by Gasteiger charge is 2.38. The summed E-state index contributed by atoms with van der Waals surface area (Å²) in [6.45, 7) is 4.41. The molecule has 3 nitrogen and oxygen atoms in total. The van der Waals surface area contributed by atoms with Crippen LogP contribution in [0.5, 0.6) is 0 Å². The van der Waals surface area contributed by atoms with Crippen molar-refractivity contribution in [2.45, 2.75) is 19.9 Å². The predicted molar refractivity (Wildman–Crippen MR) is 74.7 cm³/mol. The molecule has 1 atom stereocenters. The molecule has 0 aliphatic carbocycles. The second-order valence-electron chi connectivity index (χ2n) is 4.84. The largest absolute Gasteiger partial charge is 0.449 e. The first-order valence-electron chi connectivity index (χ1n) is 5.28. The van der Waals surface area contributed by atoms with Crippen LogP contribution in [0, 0.1) is 5.41 Å². The maximum atomic E-state index is 11.3. The summed E-state index contributed by atoms with van der Waals surface area (Å²) in [5.74, 6) is 0. The molecule has 100 valence electrons. The third-order valence-corrected chi connectivity index (χ3v) is 3.27. The van der Waals surface area contributed by atoms with Gasteiger partial charge in [0, 0.05) is 15.5 Å². The van der Waals surface area contributed by atoms with E-state index in [0.717, 1.165) is 5.56 Å². The van der Waals surface area contributed by atoms with Crippen molar-refractivity contribution in [1.82, 2.24) is 5.32 Å². The smallest absolute Gasteiger partial charge is 0.407 e. The highest BCUT2D eigenvalue weighted by molar-refractivity contribution is 6.34. The molecule has 0 bridgehead atoms. The summed E-state index contributed by atoms with van der Waals surface area (Å²) in [5, 5.41) is 3.92. The summed E-state index contributed by atoms with van der Waals surface area (Å²) < 4.78 is 4.99. The number of nitrogens with one attached hydrogen (secondary N) is 1. The Morgan fingerprint density at radius 1 is 1.28 bits per heavy atom. The summed E-state index contributed by atoms with van der Waals surface area (Å²) in [5.41, 5.74) is 0.686. The number of hydrogen-bond acceptors (Lipinski definition) is 2. The zero-order valence-electron chi connectivity index (χ0n) is 10.00. The molecule has 18 heavy (non-hydrogen) atoms. The van der Waals surface area contributed by atoms with Crippen LogP contribution in [-0.4, -0.2) is 12.7 Å². The van der Waals surface area contributed by atoms with Gasteiger partial charge in [0.1, 0.15) is 6.61 Å². The highest BCUT2D eigenvalue weighted by atomic mass is 35.5. The average molecular weight is 311 g/mol. The van der Waals surface area contributed by atoms with Gasteiger partial charge in [0.15, 0.2) is 0 Å². The number of carbonyl (C=O) groups excluding carboxylic acids is 1. The first kappa shape index (κ1) is 15.4. The van der Waals surface area contributed by atoms with E-state index in [4.69, 9.17) is 27.9 Å². The fourth-order valence-electron chi connectivity index (χ4n) is 1.97. The summed E-state index contributed by atoms with van der Waals surface area (Å²) >= 11 is 11.9. The Morgan fingerprint density at radius 2 is 1.83 bits per heavy atom. The van der Waals surface area contributed by atoms with Gasteiger partial charge in [0.2, 0.25) is 0 Å². The molecule has 0 aromatic heterocycles. The van der Waals surface area contributed by atoms with Crippen molar-refractivity contribution in [2.75, 3.05) is 6.61 Å². The minimum Gasteiger partial charge on any atom is -0.449 e. The lowest BCUT2D eigenvalue weighted by Crippen LogP contribution is -2.46. The van der Waals surface area contributed by atoms with Crippen LogP contribution in [0.25, 0.3) is 0 Å². The van der Waals surface area contributed by atoms with Crippen LogP contribution < -0.4 is 5.32 Å². The molecule has 2 rings (SSSR count). The number of alkyl carbamates (subject to hydrolysis) is 1. The number of ether oxygens (including phenoxy) is 1. The molecule has 1 aromatic carbocycles. The molecule has 0 saturated carbocycles. The van der Waals surface area contributed by atoms with Crippen molar-refractivity contribution in [2.24, 2.45) is 5.41 Å². The van der Waals surface area contributed by atoms with Gasteiger partial charge in [0.25, 0.3) is 0 Å². The zero-order chi connectivity index (χ0) is 12.6. The standard InChI is InChI=1S/C12H13Cl2NO2.ClH/c1-12(2)6-17-11(16)15-10(12)7-3-8(13)5-9(14)4-7;/h3-5,10H,6H2,1-2H3,(H,15,16);1H/t10-;/m1./s1. The fraction of sp³-hybridized carbons (Fsp3) is 0.417. The summed E-state index contributed by atoms with van der Waals surface area (Å²) in [7, 11) is 0. The third-order valence-electron chi connectivity index (χ3n) is 2.84. The minimum absolute atomic E-state index is 0. The molecule has 0 unspecified atom stereocenters. The molecule has 1 saturated heterocycles. The van der Waals surface area contributed by atoms with Crippen LogP contribution in [0.2, 0.25) is 10.0 Å². The Labute approximate surface area is 122 Å². The Balaban J connectivity index is 0.00000162. The lowest BCUT2D eigenvalue weighted by atomic mass is 9.80. The van der Waals surface area contributed by atoms with E-state index in [1.54, 1.807) is 6.07 Å². The van der Waals surface area contributed by atoms with Crippen LogP contribution in [0.1, 0.15) is 25.5 Å². The second kappa shape index (κ2) is 5.55. The van der Waals surface area contributed by atoms with E-state index in [1.807, 2.05) is 26.0 Å². The van der Waals surface area contributed by atoms with Crippen LogP contribution in [0.4, 0.5) is 4.79 Å². The Bertz CT molecular complexity index is 442. The molecule has 1 N–H and O–H groups in total. The summed E-state index contributed by atoms with van der Waals surface area (Å²) in [6, 6.07) is 5.14. The molecular formula is C12H14Cl3NO2. The number of benzene rings is 1. The zero-order valence-corrected chi connectivity index (χ0v) is 12.3. The van der Waals surface area contributed by atoms with Crippen LogP contribution in [-0.2, 0) is 4.74 Å². The Kier molecular flexibility index (Phi) is 4.76. The van der Waals surface area contributed by atoms with E-state index in [9.17, 15) is 4.79 Å². The number of halogens is 3. The normalized spacial score (nSPS) is 21.6. The molecule has 1 fully saturated rings. The molecule has 1 aliphatic heterocycles. The van der Waals surface area contributed by atoms with Gasteiger partial charge >= 0.3 is 6.09 Å². The lowest BCUT2D eigenvalue weighted by molar-refractivity contribution is 0.0387. The first-order valence-corrected chi connectivity index (χ1v) is 6.03. The molecule has 1 heterocycles. The van der Waals surface area contributed by atoms with Crippen molar-refractivity contribution >= 4 is 41.7 Å². The van der Waals surface area contributed by atoms with Gasteiger partial charge in [-0.15, -0.1) is 12.4 Å². The van der Waals surface area contributed by atoms with E-state index in [0.29, 0.717) is 16.7 Å². The predicted octanol–water partition coefficient (Wildman–Crippen LogP) is 4.22. The average Bonchev–Trinajstić information content (AvgIpc) is 2.20. The Hall–Kier alpha value is -0.640. The summed E-state index contributed by atoms with van der Waals surface area (Å²) in [4.78, 5) is 11.3. The summed E-state index contributed by atoms with van der Waals surface area (Å²) in [6.07, 6.45) is -0.412. The van der Waals surface area contributed by atoms with E-state index in [-0.39, 0.29) is 23.9 Å². The minimum atomic E-state index is -0.412. The van der Waals surface area contributed by atoms with Gasteiger partial charge in [-0.1, -0.05) is 37.0 Å². The molecule has 6 heteroatoms. The molecule has 0 spiro atoms. The van der Waals surface area contributed by atoms with Crippen molar-refractivity contribution in [3.63, 3.8) is 0 Å². The third kappa shape index (κ3) is 3.22. The molecule has 0 radical (unpaired) electrons. The van der Waals surface area contributed by atoms with E-state index in [1.165, 1.54) is 0 Å². The van der Waals surface area contributed by atoms with Crippen molar-refractivity contribution in [3.05, 3.63) is 33.8 Å². The van der Waals surface area contributed by atoms with E-state index in [2.05, 4.69) is 5.32 Å². The number of carbonyl (C=O) groups is 1. The van der Waals surface area contributed by atoms with Gasteiger partial charge in [-0.3, -0.25) is 0 Å². The van der Waals surface area contributed by atoms with Crippen LogP contribution in [0.3, 0.4) is 0 Å². The van der Waals surface area contributed by atoms with Gasteiger partial charge in [-0.05, 0) is 23.8 Å². The van der Waals surface area contributed by atoms with Crippen molar-refractivity contribution < 1.29 is 9.53 Å². The van der Waals surface area contributed by atoms with Crippen molar-refractivity contribution in [3.8, 4) is 0 Å². The van der Waals surface area contributed by atoms with Crippen LogP contribution >= 0.6 is 35.6 Å². The van der Waals surface area contributed by atoms with E-state index >= 15 is 0 Å². The fourth-order valence-corrected chi connectivity index (χ4v) is 2.51.